The summed E-state index contributed by atoms with van der Waals surface area (Å²) in [6, 6.07) is 4.92. The Labute approximate surface area is 111 Å². The largest absolute Gasteiger partial charge is 0.366 e. The second kappa shape index (κ2) is 4.58. The molecule has 0 amide bonds. The van der Waals surface area contributed by atoms with E-state index < -0.39 is 0 Å². The zero-order chi connectivity index (χ0) is 13.5. The molecule has 0 bridgehead atoms. The Morgan fingerprint density at radius 1 is 1.17 bits per heavy atom. The number of benzene rings is 1. The minimum atomic E-state index is 0.155. The van der Waals surface area contributed by atoms with Crippen molar-refractivity contribution in [3.63, 3.8) is 0 Å². The van der Waals surface area contributed by atoms with Gasteiger partial charge in [0.25, 0.3) is 0 Å². The van der Waals surface area contributed by atoms with E-state index in [-0.39, 0.29) is 5.54 Å². The van der Waals surface area contributed by atoms with Crippen LogP contribution >= 0.6 is 0 Å². The highest BCUT2D eigenvalue weighted by Gasteiger charge is 2.34. The Hall–Kier alpha value is -1.02. The van der Waals surface area contributed by atoms with Crippen LogP contribution in [-0.2, 0) is 0 Å². The zero-order valence-corrected chi connectivity index (χ0v) is 12.4. The Morgan fingerprint density at radius 2 is 1.72 bits per heavy atom. The minimum Gasteiger partial charge on any atom is -0.366 e. The van der Waals surface area contributed by atoms with Crippen LogP contribution in [0.15, 0.2) is 12.1 Å². The topological polar surface area (TPSA) is 29.3 Å². The van der Waals surface area contributed by atoms with Gasteiger partial charge >= 0.3 is 0 Å². The fourth-order valence-corrected chi connectivity index (χ4v) is 3.46. The lowest BCUT2D eigenvalue weighted by Crippen LogP contribution is -2.54. The highest BCUT2D eigenvalue weighted by Crippen LogP contribution is 2.36. The van der Waals surface area contributed by atoms with Crippen molar-refractivity contribution in [1.82, 2.24) is 0 Å². The molecule has 2 rings (SSSR count). The number of aryl methyl sites for hydroxylation is 3. The summed E-state index contributed by atoms with van der Waals surface area (Å²) in [5, 5.41) is 0. The molecule has 2 N–H and O–H groups in total. The van der Waals surface area contributed by atoms with Crippen LogP contribution in [0.1, 0.15) is 43.4 Å². The summed E-state index contributed by atoms with van der Waals surface area (Å²) in [7, 11) is 0. The molecule has 1 aromatic rings. The fraction of sp³-hybridized carbons (Fsp3) is 0.625. The summed E-state index contributed by atoms with van der Waals surface area (Å²) < 4.78 is 0. The molecule has 2 heteroatoms. The molecule has 1 saturated heterocycles. The molecule has 0 aromatic heterocycles. The van der Waals surface area contributed by atoms with E-state index in [0.717, 1.165) is 19.4 Å². The summed E-state index contributed by atoms with van der Waals surface area (Å²) in [5.41, 5.74) is 11.8. The number of hydrogen-bond donors (Lipinski definition) is 1. The van der Waals surface area contributed by atoms with Crippen LogP contribution < -0.4 is 10.6 Å². The van der Waals surface area contributed by atoms with Gasteiger partial charge in [0.1, 0.15) is 0 Å². The van der Waals surface area contributed by atoms with Crippen LogP contribution in [0.5, 0.6) is 0 Å². The fourth-order valence-electron chi connectivity index (χ4n) is 3.46. The summed E-state index contributed by atoms with van der Waals surface area (Å²) in [5.74, 6) is 0. The van der Waals surface area contributed by atoms with Crippen LogP contribution in [0.3, 0.4) is 0 Å². The van der Waals surface area contributed by atoms with Gasteiger partial charge in [-0.3, -0.25) is 0 Å². The molecule has 1 atom stereocenters. The molecule has 0 aliphatic carbocycles. The molecule has 1 fully saturated rings. The van der Waals surface area contributed by atoms with Gasteiger partial charge in [-0.15, -0.1) is 0 Å². The Balaban J connectivity index is 2.43. The maximum absolute atomic E-state index is 6.12. The quantitative estimate of drug-likeness (QED) is 0.823. The van der Waals surface area contributed by atoms with Gasteiger partial charge in [0.2, 0.25) is 0 Å². The average molecular weight is 246 g/mol. The van der Waals surface area contributed by atoms with Crippen molar-refractivity contribution >= 4 is 5.69 Å². The van der Waals surface area contributed by atoms with E-state index >= 15 is 0 Å². The highest BCUT2D eigenvalue weighted by atomic mass is 15.2. The van der Waals surface area contributed by atoms with E-state index in [1.807, 2.05) is 0 Å². The predicted molar refractivity (Wildman–Crippen MR) is 79.3 cm³/mol. The molecular formula is C16H26N2. The van der Waals surface area contributed by atoms with Crippen LogP contribution in [0, 0.1) is 20.8 Å². The third-order valence-electron chi connectivity index (χ3n) is 4.12. The van der Waals surface area contributed by atoms with Gasteiger partial charge in [-0.25, -0.2) is 0 Å². The van der Waals surface area contributed by atoms with E-state index in [2.05, 4.69) is 51.7 Å². The van der Waals surface area contributed by atoms with E-state index in [4.69, 9.17) is 5.73 Å². The van der Waals surface area contributed by atoms with Gasteiger partial charge in [0.05, 0.1) is 0 Å². The zero-order valence-electron chi connectivity index (χ0n) is 12.4. The lowest BCUT2D eigenvalue weighted by molar-refractivity contribution is 0.327. The first-order valence-corrected chi connectivity index (χ1v) is 6.92. The van der Waals surface area contributed by atoms with Crippen molar-refractivity contribution in [2.75, 3.05) is 11.4 Å². The molecule has 1 aliphatic heterocycles. The molecule has 0 radical (unpaired) electrons. The molecule has 1 heterocycles. The van der Waals surface area contributed by atoms with Gasteiger partial charge in [-0.05, 0) is 58.6 Å². The Morgan fingerprint density at radius 3 is 2.22 bits per heavy atom. The van der Waals surface area contributed by atoms with E-state index in [1.165, 1.54) is 22.4 Å². The number of nitrogens with zero attached hydrogens (tertiary/aromatic N) is 1. The standard InChI is InChI=1S/C16H26N2/c1-11-8-12(2)15(13(3)9-11)18-7-6-14(17)10-16(18,4)5/h8-9,14H,6-7,10,17H2,1-5H3. The van der Waals surface area contributed by atoms with Crippen molar-refractivity contribution in [2.24, 2.45) is 5.73 Å². The van der Waals surface area contributed by atoms with Gasteiger partial charge < -0.3 is 10.6 Å². The SMILES string of the molecule is Cc1cc(C)c(N2CCC(N)CC2(C)C)c(C)c1. The molecule has 100 valence electrons. The molecule has 18 heavy (non-hydrogen) atoms. The highest BCUT2D eigenvalue weighted by molar-refractivity contribution is 5.62. The van der Waals surface area contributed by atoms with Crippen LogP contribution in [0.4, 0.5) is 5.69 Å². The number of anilines is 1. The van der Waals surface area contributed by atoms with Gasteiger partial charge in [0.15, 0.2) is 0 Å². The average Bonchev–Trinajstić information content (AvgIpc) is 2.18. The van der Waals surface area contributed by atoms with Gasteiger partial charge in [-0.2, -0.15) is 0 Å². The van der Waals surface area contributed by atoms with E-state index in [0.29, 0.717) is 6.04 Å². The lowest BCUT2D eigenvalue weighted by atomic mass is 9.85. The number of rotatable bonds is 1. The van der Waals surface area contributed by atoms with Crippen LogP contribution in [0.25, 0.3) is 0 Å². The molecule has 1 aromatic carbocycles. The Kier molecular flexibility index (Phi) is 3.41. The maximum atomic E-state index is 6.12. The van der Waals surface area contributed by atoms with Crippen molar-refractivity contribution in [1.29, 1.82) is 0 Å². The van der Waals surface area contributed by atoms with Crippen LogP contribution in [-0.4, -0.2) is 18.1 Å². The number of piperidine rings is 1. The first-order chi connectivity index (χ1) is 8.31. The first-order valence-electron chi connectivity index (χ1n) is 6.92. The third kappa shape index (κ3) is 2.39. The maximum Gasteiger partial charge on any atom is 0.0430 e. The molecule has 0 saturated carbocycles. The normalized spacial score (nSPS) is 23.2. The molecule has 1 unspecified atom stereocenters. The smallest absolute Gasteiger partial charge is 0.0430 e. The van der Waals surface area contributed by atoms with Crippen LogP contribution in [0.2, 0.25) is 0 Å². The van der Waals surface area contributed by atoms with E-state index in [1.54, 1.807) is 0 Å². The summed E-state index contributed by atoms with van der Waals surface area (Å²) >= 11 is 0. The summed E-state index contributed by atoms with van der Waals surface area (Å²) in [6.07, 6.45) is 2.16. The van der Waals surface area contributed by atoms with Gasteiger partial charge in [0, 0.05) is 23.8 Å². The molecule has 0 spiro atoms. The first kappa shape index (κ1) is 13.4. The molecule has 2 nitrogen and oxygen atoms in total. The van der Waals surface area contributed by atoms with Gasteiger partial charge in [-0.1, -0.05) is 17.7 Å². The predicted octanol–water partition coefficient (Wildman–Crippen LogP) is 3.32. The molecule has 1 aliphatic rings. The number of nitrogens with two attached hydrogens (primary N) is 1. The second-order valence-corrected chi connectivity index (χ2v) is 6.46. The van der Waals surface area contributed by atoms with Crippen molar-refractivity contribution in [3.05, 3.63) is 28.8 Å². The van der Waals surface area contributed by atoms with Crippen molar-refractivity contribution < 1.29 is 0 Å². The summed E-state index contributed by atoms with van der Waals surface area (Å²) in [6.45, 7) is 12.3. The number of hydrogen-bond acceptors (Lipinski definition) is 2. The van der Waals surface area contributed by atoms with Crippen molar-refractivity contribution in [3.8, 4) is 0 Å². The third-order valence-corrected chi connectivity index (χ3v) is 4.12. The summed E-state index contributed by atoms with van der Waals surface area (Å²) in [4.78, 5) is 2.56. The van der Waals surface area contributed by atoms with E-state index in [9.17, 15) is 0 Å². The monoisotopic (exact) mass is 246 g/mol. The molecular weight excluding hydrogens is 220 g/mol. The lowest BCUT2D eigenvalue weighted by Gasteiger charge is -2.47. The Bertz CT molecular complexity index is 425. The minimum absolute atomic E-state index is 0.155. The van der Waals surface area contributed by atoms with Crippen molar-refractivity contribution in [2.45, 2.75) is 59.0 Å². The second-order valence-electron chi connectivity index (χ2n) is 6.46.